The second-order valence-electron chi connectivity index (χ2n) is 9.77. The number of nitrogens with one attached hydrogen (secondary N) is 1. The molecule has 2 heterocycles. The van der Waals surface area contributed by atoms with Gasteiger partial charge in [-0.3, -0.25) is 0 Å². The second-order valence-corrected chi connectivity index (χ2v) is 11.5. The Morgan fingerprint density at radius 2 is 1.86 bits per heavy atom. The van der Waals surface area contributed by atoms with Crippen LogP contribution < -0.4 is 4.72 Å². The molecule has 2 aromatic carbocycles. The zero-order valence-corrected chi connectivity index (χ0v) is 20.3. The van der Waals surface area contributed by atoms with E-state index in [1.807, 2.05) is 30.3 Å². The van der Waals surface area contributed by atoms with Crippen molar-refractivity contribution in [1.82, 2.24) is 14.5 Å². The van der Waals surface area contributed by atoms with Crippen molar-refractivity contribution in [3.63, 3.8) is 0 Å². The van der Waals surface area contributed by atoms with Crippen LogP contribution in [0.1, 0.15) is 18.4 Å². The molecule has 2 aliphatic heterocycles. The maximum Gasteiger partial charge on any atom is 0.320 e. The fraction of sp³-hybridized carbons (Fsp3) is 0.480. The zero-order valence-electron chi connectivity index (χ0n) is 19.5. The molecule has 0 bridgehead atoms. The van der Waals surface area contributed by atoms with Gasteiger partial charge in [-0.25, -0.2) is 26.7 Å². The second kappa shape index (κ2) is 9.15. The summed E-state index contributed by atoms with van der Waals surface area (Å²) in [4.78, 5) is 16.7. The quantitative estimate of drug-likeness (QED) is 0.627. The number of urea groups is 1. The summed E-state index contributed by atoms with van der Waals surface area (Å²) in [6, 6.07) is 11.2. The molecule has 2 atom stereocenters. The van der Waals surface area contributed by atoms with Crippen LogP contribution in [0, 0.1) is 11.2 Å². The molecule has 1 N–H and O–H groups in total. The Morgan fingerprint density at radius 1 is 1.14 bits per heavy atom. The van der Waals surface area contributed by atoms with Gasteiger partial charge in [0.15, 0.2) is 0 Å². The molecule has 1 aliphatic carbocycles. The van der Waals surface area contributed by atoms with Crippen molar-refractivity contribution < 1.29 is 26.7 Å². The summed E-state index contributed by atoms with van der Waals surface area (Å²) >= 11 is 0. The SMILES string of the molecule is COC1CN(C(=O)N2CC3(CC3)[C@H](NS(=O)(=O)CF)[C@@H]2Cc2cccc(-c3ccccc3)c2F)C1. The van der Waals surface area contributed by atoms with E-state index < -0.39 is 39.3 Å². The maximum atomic E-state index is 15.7. The first kappa shape index (κ1) is 24.1. The molecule has 2 aromatic rings. The van der Waals surface area contributed by atoms with Gasteiger partial charge in [-0.1, -0.05) is 48.5 Å². The van der Waals surface area contributed by atoms with Gasteiger partial charge in [0.25, 0.3) is 0 Å². The summed E-state index contributed by atoms with van der Waals surface area (Å²) in [6.45, 7) is 1.25. The van der Waals surface area contributed by atoms with Crippen molar-refractivity contribution in [3.05, 3.63) is 59.9 Å². The largest absolute Gasteiger partial charge is 0.378 e. The van der Waals surface area contributed by atoms with Crippen LogP contribution in [0.15, 0.2) is 48.5 Å². The van der Waals surface area contributed by atoms with E-state index in [2.05, 4.69) is 4.72 Å². The summed E-state index contributed by atoms with van der Waals surface area (Å²) in [5, 5.41) is 0. The molecule has 2 saturated heterocycles. The van der Waals surface area contributed by atoms with Crippen LogP contribution in [0.4, 0.5) is 13.6 Å². The number of carbonyl (C=O) groups excluding carboxylic acids is 1. The Bertz CT molecular complexity index is 1200. The minimum atomic E-state index is -4.18. The Hall–Kier alpha value is -2.56. The third-order valence-corrected chi connectivity index (χ3v) is 8.46. The fourth-order valence-corrected chi connectivity index (χ4v) is 6.22. The average molecular weight is 506 g/mol. The van der Waals surface area contributed by atoms with E-state index >= 15 is 4.39 Å². The topological polar surface area (TPSA) is 79.0 Å². The van der Waals surface area contributed by atoms with Crippen molar-refractivity contribution in [2.75, 3.05) is 32.8 Å². The molecule has 1 spiro atoms. The number of nitrogens with zero attached hydrogens (tertiary/aromatic N) is 2. The molecule has 0 radical (unpaired) electrons. The molecule has 3 fully saturated rings. The van der Waals surface area contributed by atoms with Gasteiger partial charge < -0.3 is 14.5 Å². The minimum Gasteiger partial charge on any atom is -0.378 e. The molecule has 5 rings (SSSR count). The third-order valence-electron chi connectivity index (χ3n) is 7.56. The predicted molar refractivity (Wildman–Crippen MR) is 127 cm³/mol. The van der Waals surface area contributed by atoms with Crippen LogP contribution >= 0.6 is 0 Å². The predicted octanol–water partition coefficient (Wildman–Crippen LogP) is 3.17. The smallest absolute Gasteiger partial charge is 0.320 e. The van der Waals surface area contributed by atoms with Crippen molar-refractivity contribution in [3.8, 4) is 11.1 Å². The molecule has 35 heavy (non-hydrogen) atoms. The Labute approximate surface area is 204 Å². The number of hydrogen-bond donors (Lipinski definition) is 1. The lowest BCUT2D eigenvalue weighted by Crippen LogP contribution is -2.60. The highest BCUT2D eigenvalue weighted by Crippen LogP contribution is 2.56. The monoisotopic (exact) mass is 505 g/mol. The lowest BCUT2D eigenvalue weighted by molar-refractivity contribution is -0.0166. The highest BCUT2D eigenvalue weighted by Gasteiger charge is 2.62. The van der Waals surface area contributed by atoms with Gasteiger partial charge in [0.05, 0.1) is 25.2 Å². The number of hydrogen-bond acceptors (Lipinski definition) is 4. The third kappa shape index (κ3) is 4.54. The van der Waals surface area contributed by atoms with E-state index in [-0.39, 0.29) is 18.6 Å². The molecular formula is C25H29F2N3O4S. The number of carbonyl (C=O) groups is 1. The van der Waals surface area contributed by atoms with Gasteiger partial charge in [-0.15, -0.1) is 0 Å². The lowest BCUT2D eigenvalue weighted by Gasteiger charge is -2.42. The summed E-state index contributed by atoms with van der Waals surface area (Å²) in [5.41, 5.74) is 1.09. The average Bonchev–Trinajstić information content (AvgIpc) is 3.55. The summed E-state index contributed by atoms with van der Waals surface area (Å²) in [5.74, 6) is -0.404. The molecule has 1 saturated carbocycles. The minimum absolute atomic E-state index is 0.0317. The number of halogens is 2. The van der Waals surface area contributed by atoms with E-state index in [4.69, 9.17) is 4.74 Å². The number of alkyl halides is 1. The highest BCUT2D eigenvalue weighted by atomic mass is 32.2. The first-order chi connectivity index (χ1) is 16.8. The molecule has 10 heteroatoms. The van der Waals surface area contributed by atoms with E-state index in [9.17, 15) is 17.6 Å². The van der Waals surface area contributed by atoms with Gasteiger partial charge in [-0.05, 0) is 30.4 Å². The Kier molecular flexibility index (Phi) is 6.31. The molecule has 188 valence electrons. The van der Waals surface area contributed by atoms with E-state index in [0.717, 1.165) is 18.4 Å². The number of methoxy groups -OCH3 is 1. The summed E-state index contributed by atoms with van der Waals surface area (Å²) < 4.78 is 61.2. The first-order valence-electron chi connectivity index (χ1n) is 11.7. The van der Waals surface area contributed by atoms with Crippen molar-refractivity contribution in [1.29, 1.82) is 0 Å². The molecule has 0 unspecified atom stereocenters. The first-order valence-corrected chi connectivity index (χ1v) is 13.4. The number of likely N-dealkylation sites (tertiary alicyclic amines) is 2. The van der Waals surface area contributed by atoms with Crippen LogP contribution in [-0.2, 0) is 21.2 Å². The van der Waals surface area contributed by atoms with E-state index in [1.165, 1.54) is 0 Å². The van der Waals surface area contributed by atoms with Gasteiger partial charge in [0.1, 0.15) is 5.82 Å². The normalized spacial score (nSPS) is 23.5. The van der Waals surface area contributed by atoms with Gasteiger partial charge in [0, 0.05) is 30.7 Å². The highest BCUT2D eigenvalue weighted by molar-refractivity contribution is 7.89. The maximum absolute atomic E-state index is 15.7. The summed E-state index contributed by atoms with van der Waals surface area (Å²) in [6.07, 6.45) is 1.52. The number of rotatable bonds is 7. The van der Waals surface area contributed by atoms with Gasteiger partial charge >= 0.3 is 6.03 Å². The molecular weight excluding hydrogens is 476 g/mol. The number of benzene rings is 2. The molecule has 7 nitrogen and oxygen atoms in total. The van der Waals surface area contributed by atoms with Crippen LogP contribution in [0.2, 0.25) is 0 Å². The van der Waals surface area contributed by atoms with Crippen molar-refractivity contribution in [2.45, 2.75) is 37.5 Å². The van der Waals surface area contributed by atoms with Crippen molar-refractivity contribution >= 4 is 16.1 Å². The molecule has 2 amide bonds. The summed E-state index contributed by atoms with van der Waals surface area (Å²) in [7, 11) is -2.58. The van der Waals surface area contributed by atoms with E-state index in [0.29, 0.717) is 30.8 Å². The zero-order chi connectivity index (χ0) is 24.8. The fourth-order valence-electron chi connectivity index (χ4n) is 5.37. The van der Waals surface area contributed by atoms with E-state index in [1.54, 1.807) is 35.1 Å². The Balaban J connectivity index is 1.48. The molecule has 3 aliphatic rings. The van der Waals surface area contributed by atoms with Crippen LogP contribution in [0.3, 0.4) is 0 Å². The van der Waals surface area contributed by atoms with Crippen LogP contribution in [0.5, 0.6) is 0 Å². The van der Waals surface area contributed by atoms with Crippen LogP contribution in [-0.4, -0.2) is 75.2 Å². The lowest BCUT2D eigenvalue weighted by atomic mass is 9.91. The standard InChI is InChI=1S/C25H29F2N3O4S/c1-34-19-13-29(14-19)24(31)30-15-25(10-11-25)23(28-35(32,33)16-26)21(30)12-18-8-5-9-20(22(18)27)17-6-3-2-4-7-17/h2-9,19,21,23,28H,10-16H2,1H3/t21-,23+/m0/s1. The van der Waals surface area contributed by atoms with Crippen molar-refractivity contribution in [2.24, 2.45) is 5.41 Å². The molecule has 0 aromatic heterocycles. The van der Waals surface area contributed by atoms with Crippen LogP contribution in [0.25, 0.3) is 11.1 Å². The number of sulfonamides is 1. The van der Waals surface area contributed by atoms with Gasteiger partial charge in [-0.2, -0.15) is 0 Å². The Morgan fingerprint density at radius 3 is 2.49 bits per heavy atom. The number of ether oxygens (including phenoxy) is 1. The van der Waals surface area contributed by atoms with Gasteiger partial charge in [0.2, 0.25) is 16.0 Å². The number of amides is 2.